The van der Waals surface area contributed by atoms with Crippen molar-refractivity contribution in [2.75, 3.05) is 18.1 Å². The standard InChI is InChI=1S/C25H26N6O2/c1-16-6-4-8-18-14-20(25(32)26-22(16)18)23(30-12-11-17-7-2-3-10-21(17)30)24-27-28-29-31(24)15-19-9-5-13-33-19/h2-4,6-8,10,14,19,23H,5,9,11-13,15H2,1H3,(H,26,32)/t19-,23-/m0/s1. The molecule has 0 unspecified atom stereocenters. The molecule has 0 spiro atoms. The van der Waals surface area contributed by atoms with Crippen LogP contribution in [0.25, 0.3) is 10.9 Å². The Morgan fingerprint density at radius 3 is 3.00 bits per heavy atom. The van der Waals surface area contributed by atoms with Crippen LogP contribution in [0.15, 0.2) is 53.3 Å². The van der Waals surface area contributed by atoms with Crippen molar-refractivity contribution in [3.8, 4) is 0 Å². The number of hydrogen-bond acceptors (Lipinski definition) is 6. The number of aryl methyl sites for hydroxylation is 1. The molecule has 168 valence electrons. The highest BCUT2D eigenvalue weighted by atomic mass is 16.5. The molecule has 4 heterocycles. The monoisotopic (exact) mass is 442 g/mol. The number of aromatic amines is 1. The average molecular weight is 443 g/mol. The van der Waals surface area contributed by atoms with Gasteiger partial charge >= 0.3 is 0 Å². The summed E-state index contributed by atoms with van der Waals surface area (Å²) in [5.74, 6) is 0.666. The second-order valence-electron chi connectivity index (χ2n) is 8.92. The van der Waals surface area contributed by atoms with Gasteiger partial charge in [-0.15, -0.1) is 5.10 Å². The Morgan fingerprint density at radius 2 is 2.12 bits per heavy atom. The quantitative estimate of drug-likeness (QED) is 0.511. The maximum Gasteiger partial charge on any atom is 0.254 e. The molecular weight excluding hydrogens is 416 g/mol. The Labute approximate surface area is 191 Å². The molecule has 0 amide bonds. The largest absolute Gasteiger partial charge is 0.376 e. The second kappa shape index (κ2) is 8.12. The Kier molecular flexibility index (Phi) is 4.95. The van der Waals surface area contributed by atoms with Crippen LogP contribution in [0.1, 0.15) is 41.4 Å². The third-order valence-corrected chi connectivity index (χ3v) is 6.85. The van der Waals surface area contributed by atoms with Crippen molar-refractivity contribution < 1.29 is 4.74 Å². The van der Waals surface area contributed by atoms with Gasteiger partial charge in [0.25, 0.3) is 5.56 Å². The summed E-state index contributed by atoms with van der Waals surface area (Å²) in [5.41, 5.74) is 4.84. The van der Waals surface area contributed by atoms with Crippen LogP contribution < -0.4 is 10.5 Å². The van der Waals surface area contributed by atoms with E-state index >= 15 is 0 Å². The molecule has 1 saturated heterocycles. The highest BCUT2D eigenvalue weighted by Crippen LogP contribution is 2.37. The van der Waals surface area contributed by atoms with Gasteiger partial charge in [0.2, 0.25) is 0 Å². The first-order valence-corrected chi connectivity index (χ1v) is 11.5. The highest BCUT2D eigenvalue weighted by molar-refractivity contribution is 5.82. The summed E-state index contributed by atoms with van der Waals surface area (Å²) in [4.78, 5) is 18.8. The molecule has 1 N–H and O–H groups in total. The lowest BCUT2D eigenvalue weighted by Gasteiger charge is -2.29. The molecule has 0 bridgehead atoms. The molecule has 6 rings (SSSR count). The first-order valence-electron chi connectivity index (χ1n) is 11.5. The van der Waals surface area contributed by atoms with E-state index in [1.165, 1.54) is 5.56 Å². The number of aromatic nitrogens is 5. The zero-order valence-corrected chi connectivity index (χ0v) is 18.6. The molecule has 0 aliphatic carbocycles. The Bertz CT molecular complexity index is 1370. The van der Waals surface area contributed by atoms with E-state index in [0.29, 0.717) is 17.9 Å². The molecule has 0 saturated carbocycles. The third-order valence-electron chi connectivity index (χ3n) is 6.85. The van der Waals surface area contributed by atoms with Gasteiger partial charge in [-0.25, -0.2) is 4.68 Å². The molecule has 0 radical (unpaired) electrons. The van der Waals surface area contributed by atoms with Crippen molar-refractivity contribution in [2.24, 2.45) is 0 Å². The lowest BCUT2D eigenvalue weighted by Crippen LogP contribution is -2.35. The first-order chi connectivity index (χ1) is 16.2. The third kappa shape index (κ3) is 3.51. The molecular formula is C25H26N6O2. The minimum atomic E-state index is -0.404. The van der Waals surface area contributed by atoms with Crippen LogP contribution in [0.5, 0.6) is 0 Å². The van der Waals surface area contributed by atoms with Gasteiger partial charge in [-0.1, -0.05) is 36.4 Å². The summed E-state index contributed by atoms with van der Waals surface area (Å²) in [6, 6.07) is 16.0. The van der Waals surface area contributed by atoms with Crippen LogP contribution in [-0.4, -0.2) is 44.4 Å². The molecule has 8 heteroatoms. The predicted octanol–water partition coefficient (Wildman–Crippen LogP) is 3.15. The smallest absolute Gasteiger partial charge is 0.254 e. The van der Waals surface area contributed by atoms with E-state index in [1.54, 1.807) is 0 Å². The molecule has 2 aromatic heterocycles. The number of hydrogen-bond donors (Lipinski definition) is 1. The number of benzene rings is 2. The number of pyridine rings is 1. The van der Waals surface area contributed by atoms with E-state index < -0.39 is 6.04 Å². The van der Waals surface area contributed by atoms with Crippen LogP contribution in [0, 0.1) is 6.92 Å². The fraction of sp³-hybridized carbons (Fsp3) is 0.360. The lowest BCUT2D eigenvalue weighted by molar-refractivity contribution is 0.0924. The Balaban J connectivity index is 1.52. The molecule has 2 atom stereocenters. The molecule has 4 aromatic rings. The van der Waals surface area contributed by atoms with Crippen molar-refractivity contribution in [1.82, 2.24) is 25.2 Å². The number of rotatable bonds is 5. The van der Waals surface area contributed by atoms with Crippen LogP contribution in [0.4, 0.5) is 5.69 Å². The number of anilines is 1. The highest BCUT2D eigenvalue weighted by Gasteiger charge is 2.35. The number of ether oxygens (including phenoxy) is 1. The van der Waals surface area contributed by atoms with E-state index in [-0.39, 0.29) is 11.7 Å². The number of tetrazole rings is 1. The minimum Gasteiger partial charge on any atom is -0.376 e. The Morgan fingerprint density at radius 1 is 1.21 bits per heavy atom. The maximum absolute atomic E-state index is 13.5. The SMILES string of the molecule is Cc1cccc2cc([C@@H](c3nnnn3C[C@@H]3CCCO3)N3CCc4ccccc43)c(=O)[nH]c12. The summed E-state index contributed by atoms with van der Waals surface area (Å²) >= 11 is 0. The van der Waals surface area contributed by atoms with Crippen molar-refractivity contribution in [1.29, 1.82) is 0 Å². The average Bonchev–Trinajstić information content (AvgIpc) is 3.58. The molecule has 2 aliphatic rings. The van der Waals surface area contributed by atoms with E-state index in [2.05, 4.69) is 43.6 Å². The van der Waals surface area contributed by atoms with Crippen LogP contribution in [-0.2, 0) is 17.7 Å². The minimum absolute atomic E-state index is 0.0938. The molecule has 8 nitrogen and oxygen atoms in total. The maximum atomic E-state index is 13.5. The number of fused-ring (bicyclic) bond motifs is 2. The van der Waals surface area contributed by atoms with Gasteiger partial charge in [-0.3, -0.25) is 4.79 Å². The van der Waals surface area contributed by atoms with Crippen LogP contribution >= 0.6 is 0 Å². The van der Waals surface area contributed by atoms with Crippen molar-refractivity contribution in [3.63, 3.8) is 0 Å². The number of H-pyrrole nitrogens is 1. The van der Waals surface area contributed by atoms with Crippen molar-refractivity contribution in [2.45, 2.75) is 44.9 Å². The van der Waals surface area contributed by atoms with Crippen LogP contribution in [0.2, 0.25) is 0 Å². The van der Waals surface area contributed by atoms with Gasteiger partial charge in [0.05, 0.1) is 18.2 Å². The van der Waals surface area contributed by atoms with Gasteiger partial charge in [0, 0.05) is 24.4 Å². The van der Waals surface area contributed by atoms with E-state index in [9.17, 15) is 4.79 Å². The first kappa shape index (κ1) is 20.1. The molecule has 1 fully saturated rings. The zero-order valence-electron chi connectivity index (χ0n) is 18.6. The van der Waals surface area contributed by atoms with Gasteiger partial charge in [0.15, 0.2) is 5.82 Å². The Hall–Kier alpha value is -3.52. The summed E-state index contributed by atoms with van der Waals surface area (Å²) < 4.78 is 7.67. The molecule has 2 aromatic carbocycles. The number of nitrogens with zero attached hydrogens (tertiary/aromatic N) is 5. The summed E-state index contributed by atoms with van der Waals surface area (Å²) in [5, 5.41) is 13.8. The van der Waals surface area contributed by atoms with Gasteiger partial charge in [0.1, 0.15) is 6.04 Å². The van der Waals surface area contributed by atoms with E-state index in [1.807, 2.05) is 41.9 Å². The van der Waals surface area contributed by atoms with Crippen molar-refractivity contribution in [3.05, 3.63) is 81.4 Å². The second-order valence-corrected chi connectivity index (χ2v) is 8.92. The topological polar surface area (TPSA) is 88.9 Å². The fourth-order valence-corrected chi connectivity index (χ4v) is 5.20. The fourth-order valence-electron chi connectivity index (χ4n) is 5.20. The van der Waals surface area contributed by atoms with Gasteiger partial charge in [-0.05, 0) is 65.3 Å². The van der Waals surface area contributed by atoms with Crippen molar-refractivity contribution >= 4 is 16.6 Å². The summed E-state index contributed by atoms with van der Waals surface area (Å²) in [6.45, 7) is 4.16. The van der Waals surface area contributed by atoms with Gasteiger partial charge in [-0.2, -0.15) is 0 Å². The number of para-hydroxylation sites is 2. The normalized spacial score (nSPS) is 18.7. The molecule has 2 aliphatic heterocycles. The zero-order chi connectivity index (χ0) is 22.4. The molecule has 33 heavy (non-hydrogen) atoms. The van der Waals surface area contributed by atoms with E-state index in [0.717, 1.165) is 54.6 Å². The van der Waals surface area contributed by atoms with E-state index in [4.69, 9.17) is 4.74 Å². The number of nitrogens with one attached hydrogen (secondary N) is 1. The predicted molar refractivity (Wildman–Crippen MR) is 125 cm³/mol. The summed E-state index contributed by atoms with van der Waals surface area (Å²) in [6.07, 6.45) is 3.06. The van der Waals surface area contributed by atoms with Gasteiger partial charge < -0.3 is 14.6 Å². The lowest BCUT2D eigenvalue weighted by atomic mass is 10.0. The van der Waals surface area contributed by atoms with Crippen LogP contribution in [0.3, 0.4) is 0 Å². The summed E-state index contributed by atoms with van der Waals surface area (Å²) in [7, 11) is 0.